The van der Waals surface area contributed by atoms with Gasteiger partial charge in [0.15, 0.2) is 6.29 Å². The third-order valence-electron chi connectivity index (χ3n) is 3.89. The van der Waals surface area contributed by atoms with Crippen molar-refractivity contribution in [2.45, 2.75) is 45.6 Å². The Bertz CT molecular complexity index is 697. The maximum Gasteiger partial charge on any atom is 0.416 e. The first-order valence-corrected chi connectivity index (χ1v) is 8.82. The molecular weight excluding hydrogens is 332 g/mol. The highest BCUT2D eigenvalue weighted by Crippen LogP contribution is 2.27. The van der Waals surface area contributed by atoms with Gasteiger partial charge in [0.05, 0.1) is 12.1 Å². The number of amides is 1. The Morgan fingerprint density at radius 2 is 2.19 bits per heavy atom. The van der Waals surface area contributed by atoms with E-state index in [1.807, 2.05) is 38.2 Å². The summed E-state index contributed by atoms with van der Waals surface area (Å²) in [5.41, 5.74) is 1.73. The molecule has 7 nitrogen and oxygen atoms in total. The van der Waals surface area contributed by atoms with Crippen molar-refractivity contribution in [3.05, 3.63) is 35.2 Å². The molecule has 140 valence electrons. The van der Waals surface area contributed by atoms with Crippen LogP contribution in [0.3, 0.4) is 0 Å². The average molecular weight is 359 g/mol. The van der Waals surface area contributed by atoms with Gasteiger partial charge in [-0.05, 0) is 45.2 Å². The molecule has 3 N–H and O–H groups in total. The molecule has 1 aliphatic heterocycles. The minimum atomic E-state index is -0.543. The highest BCUT2D eigenvalue weighted by atomic mass is 16.6. The van der Waals surface area contributed by atoms with E-state index in [0.717, 1.165) is 30.3 Å². The number of fused-ring (bicyclic) bond motifs is 1. The number of aryl methyl sites for hydroxylation is 1. The summed E-state index contributed by atoms with van der Waals surface area (Å²) in [6, 6.07) is 4.00. The topological polar surface area (TPSA) is 100.0 Å². The molecule has 1 aromatic heterocycles. The Labute approximate surface area is 153 Å². The SMILES string of the molecule is CC(C)(C)OC(=O)N1CCCc2ccc(CC[NH2+]C=C(C=N)C=O)nc21. The highest BCUT2D eigenvalue weighted by Gasteiger charge is 2.28. The molecule has 0 bridgehead atoms. The number of carbonyl (C=O) groups is 2. The first kappa shape index (κ1) is 19.8. The van der Waals surface area contributed by atoms with E-state index < -0.39 is 5.60 Å². The van der Waals surface area contributed by atoms with Gasteiger partial charge in [-0.3, -0.25) is 9.69 Å². The Morgan fingerprint density at radius 1 is 1.42 bits per heavy atom. The summed E-state index contributed by atoms with van der Waals surface area (Å²) in [5, 5.41) is 8.93. The number of nitrogens with two attached hydrogens (primary N) is 1. The van der Waals surface area contributed by atoms with Gasteiger partial charge in [-0.15, -0.1) is 0 Å². The van der Waals surface area contributed by atoms with Gasteiger partial charge in [-0.25, -0.2) is 9.78 Å². The summed E-state index contributed by atoms with van der Waals surface area (Å²) in [7, 11) is 0. The van der Waals surface area contributed by atoms with Gasteiger partial charge >= 0.3 is 6.09 Å². The molecule has 0 fully saturated rings. The van der Waals surface area contributed by atoms with Crippen molar-refractivity contribution in [1.82, 2.24) is 4.98 Å². The number of ether oxygens (including phenoxy) is 1. The van der Waals surface area contributed by atoms with Crippen LogP contribution < -0.4 is 10.2 Å². The van der Waals surface area contributed by atoms with E-state index in [4.69, 9.17) is 10.1 Å². The summed E-state index contributed by atoms with van der Waals surface area (Å²) in [5.74, 6) is 0.687. The van der Waals surface area contributed by atoms with E-state index in [0.29, 0.717) is 37.2 Å². The van der Waals surface area contributed by atoms with Crippen molar-refractivity contribution in [3.8, 4) is 0 Å². The average Bonchev–Trinajstić information content (AvgIpc) is 2.59. The van der Waals surface area contributed by atoms with E-state index in [9.17, 15) is 9.59 Å². The molecule has 1 aliphatic rings. The van der Waals surface area contributed by atoms with Gasteiger partial charge in [-0.1, -0.05) is 6.07 Å². The van der Waals surface area contributed by atoms with Gasteiger partial charge in [-0.2, -0.15) is 0 Å². The lowest BCUT2D eigenvalue weighted by Crippen LogP contribution is -2.79. The standard InChI is InChI=1S/C19H26N4O3/c1-19(2,3)26-18(25)23-10-4-5-15-6-7-16(22-17(15)23)8-9-21-12-14(11-20)13-24/h6-7,11-13,20-21H,4-5,8-10H2,1-3H3/p+1. The molecule has 2 rings (SSSR count). The van der Waals surface area contributed by atoms with Gasteiger partial charge in [0, 0.05) is 24.9 Å². The van der Waals surface area contributed by atoms with Crippen molar-refractivity contribution in [2.75, 3.05) is 18.0 Å². The summed E-state index contributed by atoms with van der Waals surface area (Å²) < 4.78 is 5.50. The van der Waals surface area contributed by atoms with Gasteiger partial charge in [0.25, 0.3) is 0 Å². The Balaban J connectivity index is 2.08. The molecule has 1 amide bonds. The van der Waals surface area contributed by atoms with E-state index in [1.165, 1.54) is 0 Å². The van der Waals surface area contributed by atoms with Crippen molar-refractivity contribution in [2.24, 2.45) is 0 Å². The fourth-order valence-electron chi connectivity index (χ4n) is 2.68. The lowest BCUT2D eigenvalue weighted by Gasteiger charge is -2.31. The minimum absolute atomic E-state index is 0.333. The maximum absolute atomic E-state index is 12.5. The zero-order valence-corrected chi connectivity index (χ0v) is 15.6. The Kier molecular flexibility index (Phi) is 6.63. The predicted molar refractivity (Wildman–Crippen MR) is 99.6 cm³/mol. The number of hydrogen-bond donors (Lipinski definition) is 2. The number of pyridine rings is 1. The van der Waals surface area contributed by atoms with Crippen LogP contribution in [0.5, 0.6) is 0 Å². The molecule has 0 saturated heterocycles. The molecule has 0 aromatic carbocycles. The van der Waals surface area contributed by atoms with Crippen LogP contribution in [0.4, 0.5) is 10.6 Å². The first-order chi connectivity index (χ1) is 12.3. The second-order valence-electron chi connectivity index (χ2n) is 7.22. The Hall–Kier alpha value is -2.54. The van der Waals surface area contributed by atoms with Crippen molar-refractivity contribution >= 4 is 24.4 Å². The van der Waals surface area contributed by atoms with Crippen LogP contribution in [-0.4, -0.2) is 42.3 Å². The van der Waals surface area contributed by atoms with E-state index >= 15 is 0 Å². The van der Waals surface area contributed by atoms with Gasteiger partial charge in [0.2, 0.25) is 0 Å². The van der Waals surface area contributed by atoms with Crippen LogP contribution in [0.15, 0.2) is 23.9 Å². The first-order valence-electron chi connectivity index (χ1n) is 8.82. The zero-order chi connectivity index (χ0) is 19.2. The summed E-state index contributed by atoms with van der Waals surface area (Å²) in [6.45, 7) is 6.86. The molecule has 0 spiro atoms. The number of anilines is 1. The van der Waals surface area contributed by atoms with Crippen LogP contribution >= 0.6 is 0 Å². The zero-order valence-electron chi connectivity index (χ0n) is 15.6. The van der Waals surface area contributed by atoms with E-state index in [2.05, 4.69) is 4.98 Å². The number of nitrogens with zero attached hydrogens (tertiary/aromatic N) is 2. The lowest BCUT2D eigenvalue weighted by molar-refractivity contribution is -0.587. The van der Waals surface area contributed by atoms with E-state index in [-0.39, 0.29) is 6.09 Å². The predicted octanol–water partition coefficient (Wildman–Crippen LogP) is 1.61. The van der Waals surface area contributed by atoms with E-state index in [1.54, 1.807) is 11.1 Å². The van der Waals surface area contributed by atoms with Crippen molar-refractivity contribution in [3.63, 3.8) is 0 Å². The molecule has 26 heavy (non-hydrogen) atoms. The highest BCUT2D eigenvalue weighted by molar-refractivity contribution is 5.99. The quantitative estimate of drug-likeness (QED) is 0.349. The van der Waals surface area contributed by atoms with Crippen LogP contribution in [-0.2, 0) is 22.4 Å². The summed E-state index contributed by atoms with van der Waals surface area (Å²) in [6.07, 6.45) is 5.43. The molecule has 0 radical (unpaired) electrons. The van der Waals surface area contributed by atoms with Crippen molar-refractivity contribution < 1.29 is 19.6 Å². The minimum Gasteiger partial charge on any atom is -0.443 e. The number of quaternary nitrogens is 1. The number of aldehydes is 1. The normalized spacial score (nSPS) is 14.6. The van der Waals surface area contributed by atoms with Crippen LogP contribution in [0.2, 0.25) is 0 Å². The Morgan fingerprint density at radius 3 is 2.85 bits per heavy atom. The molecule has 0 unspecified atom stereocenters. The van der Waals surface area contributed by atoms with Crippen molar-refractivity contribution in [1.29, 1.82) is 5.41 Å². The number of rotatable bonds is 6. The fraction of sp³-hybridized carbons (Fsp3) is 0.474. The monoisotopic (exact) mass is 359 g/mol. The molecule has 0 saturated carbocycles. The number of hydrogen-bond acceptors (Lipinski definition) is 5. The van der Waals surface area contributed by atoms with Crippen LogP contribution in [0.1, 0.15) is 38.4 Å². The summed E-state index contributed by atoms with van der Waals surface area (Å²) >= 11 is 0. The molecule has 0 aliphatic carbocycles. The molecule has 0 atom stereocenters. The number of carbonyl (C=O) groups excluding carboxylic acids is 2. The molecular formula is C19H27N4O3+. The fourth-order valence-corrected chi connectivity index (χ4v) is 2.68. The molecule has 7 heteroatoms. The second-order valence-corrected chi connectivity index (χ2v) is 7.22. The number of nitrogens with one attached hydrogen (secondary N) is 1. The third kappa shape index (κ3) is 5.49. The molecule has 1 aromatic rings. The largest absolute Gasteiger partial charge is 0.443 e. The maximum atomic E-state index is 12.5. The number of allylic oxidation sites excluding steroid dienone is 1. The molecule has 2 heterocycles. The lowest BCUT2D eigenvalue weighted by atomic mass is 10.0. The van der Waals surface area contributed by atoms with Gasteiger partial charge in [0.1, 0.15) is 17.6 Å². The summed E-state index contributed by atoms with van der Waals surface area (Å²) in [4.78, 5) is 29.4. The third-order valence-corrected chi connectivity index (χ3v) is 3.89. The smallest absolute Gasteiger partial charge is 0.416 e. The number of aromatic nitrogens is 1. The van der Waals surface area contributed by atoms with Crippen LogP contribution in [0.25, 0.3) is 0 Å². The second kappa shape index (κ2) is 8.71. The van der Waals surface area contributed by atoms with Gasteiger partial charge < -0.3 is 15.5 Å². The van der Waals surface area contributed by atoms with Crippen LogP contribution in [0, 0.1) is 5.41 Å².